The smallest absolute Gasteiger partial charge is 0.310 e. The van der Waals surface area contributed by atoms with Crippen molar-refractivity contribution in [3.63, 3.8) is 0 Å². The summed E-state index contributed by atoms with van der Waals surface area (Å²) in [6.07, 6.45) is 1.71. The maximum atomic E-state index is 11.4. The molecule has 100 valence electrons. The Hall–Kier alpha value is -1.78. The molecule has 5 nitrogen and oxygen atoms in total. The second kappa shape index (κ2) is 6.83. The largest absolute Gasteiger partial charge is 0.490 e. The van der Waals surface area contributed by atoms with E-state index >= 15 is 0 Å². The van der Waals surface area contributed by atoms with E-state index in [1.807, 2.05) is 37.9 Å². The molecule has 0 radical (unpaired) electrons. The number of hydrogen-bond acceptors (Lipinski definition) is 5. The molecule has 0 N–H and O–H groups in total. The van der Waals surface area contributed by atoms with Gasteiger partial charge in [0, 0.05) is 19.8 Å². The van der Waals surface area contributed by atoms with E-state index in [0.717, 1.165) is 11.6 Å². The number of carbonyl (C=O) groups excluding carboxylic acids is 1. The first kappa shape index (κ1) is 14.3. The van der Waals surface area contributed by atoms with Crippen LogP contribution in [0.25, 0.3) is 0 Å². The van der Waals surface area contributed by atoms with Crippen LogP contribution in [0.2, 0.25) is 0 Å². The van der Waals surface area contributed by atoms with Gasteiger partial charge in [0.1, 0.15) is 0 Å². The fourth-order valence-electron chi connectivity index (χ4n) is 1.71. The summed E-state index contributed by atoms with van der Waals surface area (Å²) >= 11 is 0. The first-order valence-electron chi connectivity index (χ1n) is 5.96. The summed E-state index contributed by atoms with van der Waals surface area (Å²) in [6, 6.07) is 3.69. The number of esters is 1. The number of ether oxygens (including phenoxy) is 2. The Bertz CT molecular complexity index is 396. The zero-order chi connectivity index (χ0) is 13.5. The van der Waals surface area contributed by atoms with Gasteiger partial charge in [-0.05, 0) is 19.1 Å². The molecular formula is C13H20N2O3. The molecule has 0 spiro atoms. The molecule has 0 aliphatic carbocycles. The van der Waals surface area contributed by atoms with E-state index < -0.39 is 0 Å². The average Bonchev–Trinajstić information content (AvgIpc) is 2.38. The second-order valence-corrected chi connectivity index (χ2v) is 4.06. The van der Waals surface area contributed by atoms with Crippen LogP contribution in [0.3, 0.4) is 0 Å². The van der Waals surface area contributed by atoms with Gasteiger partial charge >= 0.3 is 5.97 Å². The van der Waals surface area contributed by atoms with E-state index in [4.69, 9.17) is 9.47 Å². The van der Waals surface area contributed by atoms with E-state index in [1.54, 1.807) is 6.20 Å². The monoisotopic (exact) mass is 252 g/mol. The summed E-state index contributed by atoms with van der Waals surface area (Å²) in [5.74, 6) is 1.02. The van der Waals surface area contributed by atoms with Gasteiger partial charge in [-0.15, -0.1) is 0 Å². The van der Waals surface area contributed by atoms with E-state index in [9.17, 15) is 4.79 Å². The fraction of sp³-hybridized carbons (Fsp3) is 0.538. The van der Waals surface area contributed by atoms with E-state index in [2.05, 4.69) is 4.98 Å². The van der Waals surface area contributed by atoms with Crippen molar-refractivity contribution >= 4 is 11.8 Å². The van der Waals surface area contributed by atoms with Crippen molar-refractivity contribution < 1.29 is 14.3 Å². The van der Waals surface area contributed by atoms with E-state index in [-0.39, 0.29) is 11.9 Å². The molecule has 1 rings (SSSR count). The molecule has 0 aliphatic rings. The zero-order valence-corrected chi connectivity index (χ0v) is 11.3. The van der Waals surface area contributed by atoms with Crippen LogP contribution in [-0.4, -0.2) is 38.3 Å². The molecule has 1 atom stereocenters. The number of pyridine rings is 1. The Morgan fingerprint density at radius 1 is 1.56 bits per heavy atom. The topological polar surface area (TPSA) is 51.7 Å². The molecule has 1 aromatic rings. The van der Waals surface area contributed by atoms with Gasteiger partial charge in [0.25, 0.3) is 0 Å². The normalized spacial score (nSPS) is 11.8. The number of hydrogen-bond donors (Lipinski definition) is 0. The molecule has 1 aromatic heterocycles. The SMILES string of the molecule is CCOc1cccnc1N(C)CC(C)C(=O)OC. The van der Waals surface area contributed by atoms with Crippen molar-refractivity contribution in [2.45, 2.75) is 13.8 Å². The summed E-state index contributed by atoms with van der Waals surface area (Å²) in [4.78, 5) is 17.6. The molecule has 18 heavy (non-hydrogen) atoms. The van der Waals surface area contributed by atoms with Crippen molar-refractivity contribution in [3.05, 3.63) is 18.3 Å². The predicted molar refractivity (Wildman–Crippen MR) is 69.9 cm³/mol. The highest BCUT2D eigenvalue weighted by Gasteiger charge is 2.18. The third kappa shape index (κ3) is 3.61. The highest BCUT2D eigenvalue weighted by Crippen LogP contribution is 2.24. The zero-order valence-electron chi connectivity index (χ0n) is 11.3. The van der Waals surface area contributed by atoms with Crippen LogP contribution in [0, 0.1) is 5.92 Å². The van der Waals surface area contributed by atoms with Gasteiger partial charge in [-0.1, -0.05) is 6.92 Å². The van der Waals surface area contributed by atoms with Gasteiger partial charge < -0.3 is 14.4 Å². The van der Waals surface area contributed by atoms with Gasteiger partial charge in [-0.2, -0.15) is 0 Å². The Labute approximate surface area is 108 Å². The summed E-state index contributed by atoms with van der Waals surface area (Å²) in [5, 5.41) is 0. The first-order chi connectivity index (χ1) is 8.60. The Morgan fingerprint density at radius 2 is 2.28 bits per heavy atom. The molecule has 0 amide bonds. The number of nitrogens with zero attached hydrogens (tertiary/aromatic N) is 2. The van der Waals surface area contributed by atoms with Gasteiger partial charge in [-0.3, -0.25) is 4.79 Å². The molecule has 1 heterocycles. The summed E-state index contributed by atoms with van der Waals surface area (Å²) in [5.41, 5.74) is 0. The molecular weight excluding hydrogens is 232 g/mol. The molecule has 0 bridgehead atoms. The van der Waals surface area contributed by atoms with Crippen LogP contribution < -0.4 is 9.64 Å². The van der Waals surface area contributed by atoms with E-state index in [1.165, 1.54) is 7.11 Å². The summed E-state index contributed by atoms with van der Waals surface area (Å²) < 4.78 is 10.2. The van der Waals surface area contributed by atoms with Crippen molar-refractivity contribution in [3.8, 4) is 5.75 Å². The first-order valence-corrected chi connectivity index (χ1v) is 5.96. The summed E-state index contributed by atoms with van der Waals surface area (Å²) in [6.45, 7) is 4.86. The minimum atomic E-state index is -0.226. The number of rotatable bonds is 6. The molecule has 0 saturated carbocycles. The van der Waals surface area contributed by atoms with Crippen LogP contribution in [-0.2, 0) is 9.53 Å². The average molecular weight is 252 g/mol. The van der Waals surface area contributed by atoms with E-state index in [0.29, 0.717) is 13.2 Å². The van der Waals surface area contributed by atoms with Crippen LogP contribution in [0.5, 0.6) is 5.75 Å². The number of methoxy groups -OCH3 is 1. The number of anilines is 1. The molecule has 0 aliphatic heterocycles. The lowest BCUT2D eigenvalue weighted by molar-refractivity contribution is -0.144. The maximum absolute atomic E-state index is 11.4. The maximum Gasteiger partial charge on any atom is 0.310 e. The molecule has 0 saturated heterocycles. The summed E-state index contributed by atoms with van der Waals surface area (Å²) in [7, 11) is 3.27. The molecule has 5 heteroatoms. The van der Waals surface area contributed by atoms with Crippen molar-refractivity contribution in [2.75, 3.05) is 32.2 Å². The van der Waals surface area contributed by atoms with Gasteiger partial charge in [0.2, 0.25) is 0 Å². The lowest BCUT2D eigenvalue weighted by Crippen LogP contribution is -2.30. The van der Waals surface area contributed by atoms with Gasteiger partial charge in [0.15, 0.2) is 11.6 Å². The van der Waals surface area contributed by atoms with Crippen molar-refractivity contribution in [1.29, 1.82) is 0 Å². The number of aromatic nitrogens is 1. The highest BCUT2D eigenvalue weighted by atomic mass is 16.5. The number of carbonyl (C=O) groups is 1. The molecule has 0 fully saturated rings. The van der Waals surface area contributed by atoms with Crippen LogP contribution in [0.15, 0.2) is 18.3 Å². The van der Waals surface area contributed by atoms with Crippen molar-refractivity contribution in [1.82, 2.24) is 4.98 Å². The van der Waals surface area contributed by atoms with Crippen LogP contribution in [0.1, 0.15) is 13.8 Å². The third-order valence-electron chi connectivity index (χ3n) is 2.56. The Morgan fingerprint density at radius 3 is 2.89 bits per heavy atom. The van der Waals surface area contributed by atoms with Crippen molar-refractivity contribution in [2.24, 2.45) is 5.92 Å². The quantitative estimate of drug-likeness (QED) is 0.722. The van der Waals surface area contributed by atoms with Gasteiger partial charge in [-0.25, -0.2) is 4.98 Å². The Kier molecular flexibility index (Phi) is 5.42. The molecule has 1 unspecified atom stereocenters. The Balaban J connectivity index is 2.77. The minimum absolute atomic E-state index is 0.212. The highest BCUT2D eigenvalue weighted by molar-refractivity contribution is 5.72. The second-order valence-electron chi connectivity index (χ2n) is 4.06. The standard InChI is InChI=1S/C13H20N2O3/c1-5-18-11-7-6-8-14-12(11)15(3)9-10(2)13(16)17-4/h6-8,10H,5,9H2,1-4H3. The van der Waals surface area contributed by atoms with Crippen LogP contribution in [0.4, 0.5) is 5.82 Å². The van der Waals surface area contributed by atoms with Crippen LogP contribution >= 0.6 is 0 Å². The molecule has 0 aromatic carbocycles. The lowest BCUT2D eigenvalue weighted by Gasteiger charge is -2.23. The fourth-order valence-corrected chi connectivity index (χ4v) is 1.71. The minimum Gasteiger partial charge on any atom is -0.490 e. The lowest BCUT2D eigenvalue weighted by atomic mass is 10.2. The predicted octanol–water partition coefficient (Wildman–Crippen LogP) is 1.73. The van der Waals surface area contributed by atoms with Gasteiger partial charge in [0.05, 0.1) is 19.6 Å². The third-order valence-corrected chi connectivity index (χ3v) is 2.56.